The summed E-state index contributed by atoms with van der Waals surface area (Å²) in [6.45, 7) is 10.4. The first kappa shape index (κ1) is 19.9. The third kappa shape index (κ3) is 3.72. The van der Waals surface area contributed by atoms with E-state index in [9.17, 15) is 14.4 Å². The number of hydrogen-bond acceptors (Lipinski definition) is 5. The smallest absolute Gasteiger partial charge is 0.265 e. The number of fused-ring (bicyclic) bond motifs is 1. The topological polar surface area (TPSA) is 97.4 Å². The van der Waals surface area contributed by atoms with Crippen molar-refractivity contribution in [2.24, 2.45) is 5.92 Å². The van der Waals surface area contributed by atoms with E-state index < -0.39 is 0 Å². The molecule has 8 nitrogen and oxygen atoms in total. The molecule has 0 aliphatic carbocycles. The summed E-state index contributed by atoms with van der Waals surface area (Å²) < 4.78 is 6.96. The molecule has 3 rings (SSSR count). The average molecular weight is 386 g/mol. The maximum Gasteiger partial charge on any atom is 0.265 e. The van der Waals surface area contributed by atoms with Gasteiger partial charge in [-0.1, -0.05) is 6.08 Å². The number of aryl methyl sites for hydroxylation is 1. The zero-order chi connectivity index (χ0) is 20.4. The van der Waals surface area contributed by atoms with E-state index in [0.29, 0.717) is 38.2 Å². The van der Waals surface area contributed by atoms with E-state index in [0.717, 1.165) is 0 Å². The first-order chi connectivity index (χ1) is 13.3. The van der Waals surface area contributed by atoms with Crippen molar-refractivity contribution in [2.45, 2.75) is 46.2 Å². The maximum absolute atomic E-state index is 13.1. The van der Waals surface area contributed by atoms with Crippen LogP contribution >= 0.6 is 0 Å². The van der Waals surface area contributed by atoms with Crippen LogP contribution in [-0.2, 0) is 11.3 Å². The minimum Gasteiger partial charge on any atom is -0.442 e. The Morgan fingerprint density at radius 3 is 2.68 bits per heavy atom. The van der Waals surface area contributed by atoms with E-state index in [4.69, 9.17) is 4.42 Å². The first-order valence-electron chi connectivity index (χ1n) is 9.52. The molecule has 2 amide bonds. The Morgan fingerprint density at radius 2 is 2.07 bits per heavy atom. The van der Waals surface area contributed by atoms with Crippen LogP contribution in [0.1, 0.15) is 42.8 Å². The summed E-state index contributed by atoms with van der Waals surface area (Å²) in [5.74, 6) is 0.0542. The molecule has 0 atom stereocenters. The molecule has 1 N–H and O–H groups in total. The fourth-order valence-corrected chi connectivity index (χ4v) is 3.57. The van der Waals surface area contributed by atoms with Gasteiger partial charge in [0.05, 0.1) is 5.56 Å². The second-order valence-electron chi connectivity index (χ2n) is 7.43. The molecule has 2 aromatic rings. The minimum absolute atomic E-state index is 0.0311. The van der Waals surface area contributed by atoms with Crippen molar-refractivity contribution < 1.29 is 14.0 Å². The van der Waals surface area contributed by atoms with Gasteiger partial charge in [0, 0.05) is 31.6 Å². The lowest BCUT2D eigenvalue weighted by molar-refractivity contribution is -0.126. The molecular formula is C20H26N4O4. The number of allylic oxidation sites excluding steroid dienone is 1. The summed E-state index contributed by atoms with van der Waals surface area (Å²) in [6, 6.07) is 0.0948. The summed E-state index contributed by atoms with van der Waals surface area (Å²) in [7, 11) is 0. The molecule has 0 radical (unpaired) electrons. The van der Waals surface area contributed by atoms with Gasteiger partial charge in [-0.05, 0) is 33.6 Å². The number of carbonyl (C=O) groups excluding carboxylic acids is 2. The Morgan fingerprint density at radius 1 is 1.39 bits per heavy atom. The number of furan rings is 1. The molecule has 0 bridgehead atoms. The van der Waals surface area contributed by atoms with Crippen LogP contribution in [0, 0.1) is 12.8 Å². The predicted molar refractivity (Wildman–Crippen MR) is 105 cm³/mol. The lowest BCUT2D eigenvalue weighted by Crippen LogP contribution is -2.44. The first-order valence-corrected chi connectivity index (χ1v) is 9.52. The van der Waals surface area contributed by atoms with E-state index >= 15 is 0 Å². The van der Waals surface area contributed by atoms with Gasteiger partial charge in [-0.2, -0.15) is 0 Å². The van der Waals surface area contributed by atoms with Gasteiger partial charge in [0.15, 0.2) is 0 Å². The lowest BCUT2D eigenvalue weighted by Gasteiger charge is -2.31. The Bertz CT molecular complexity index is 964. The van der Waals surface area contributed by atoms with Gasteiger partial charge in [-0.25, -0.2) is 4.98 Å². The number of piperidine rings is 1. The SMILES string of the molecule is C=CCn1cnc2oc(C)c(C(=O)N3CCC(C(=O)NC(C)C)CC3)c2c1=O. The van der Waals surface area contributed by atoms with Gasteiger partial charge < -0.3 is 14.6 Å². The van der Waals surface area contributed by atoms with E-state index in [1.807, 2.05) is 13.8 Å². The van der Waals surface area contributed by atoms with Gasteiger partial charge in [-0.15, -0.1) is 6.58 Å². The molecule has 150 valence electrons. The summed E-state index contributed by atoms with van der Waals surface area (Å²) >= 11 is 0. The van der Waals surface area contributed by atoms with Crippen LogP contribution in [0.15, 0.2) is 28.2 Å². The number of nitrogens with one attached hydrogen (secondary N) is 1. The highest BCUT2D eigenvalue weighted by Gasteiger charge is 2.31. The van der Waals surface area contributed by atoms with Crippen molar-refractivity contribution in [1.29, 1.82) is 0 Å². The van der Waals surface area contributed by atoms with Crippen molar-refractivity contribution in [1.82, 2.24) is 19.8 Å². The molecule has 0 saturated carbocycles. The van der Waals surface area contributed by atoms with Gasteiger partial charge in [0.1, 0.15) is 17.5 Å². The van der Waals surface area contributed by atoms with Crippen molar-refractivity contribution in [3.63, 3.8) is 0 Å². The fourth-order valence-electron chi connectivity index (χ4n) is 3.57. The van der Waals surface area contributed by atoms with Crippen molar-refractivity contribution >= 4 is 22.9 Å². The fraction of sp³-hybridized carbons (Fsp3) is 0.500. The number of carbonyl (C=O) groups is 2. The van der Waals surface area contributed by atoms with E-state index in [1.54, 1.807) is 17.9 Å². The second-order valence-corrected chi connectivity index (χ2v) is 7.43. The number of nitrogens with zero attached hydrogens (tertiary/aromatic N) is 3. The highest BCUT2D eigenvalue weighted by molar-refractivity contribution is 6.06. The lowest BCUT2D eigenvalue weighted by atomic mass is 9.95. The molecule has 0 aromatic carbocycles. The normalized spacial score (nSPS) is 15.2. The Kier molecular flexibility index (Phi) is 5.67. The average Bonchev–Trinajstić information content (AvgIpc) is 3.00. The van der Waals surface area contributed by atoms with Crippen molar-refractivity contribution in [3.8, 4) is 0 Å². The van der Waals surface area contributed by atoms with Crippen molar-refractivity contribution in [2.75, 3.05) is 13.1 Å². The number of rotatable bonds is 5. The summed E-state index contributed by atoms with van der Waals surface area (Å²) in [5, 5.41) is 3.13. The molecule has 3 heterocycles. The number of likely N-dealkylation sites (tertiary alicyclic amines) is 1. The highest BCUT2D eigenvalue weighted by atomic mass is 16.3. The van der Waals surface area contributed by atoms with E-state index in [1.165, 1.54) is 10.9 Å². The van der Waals surface area contributed by atoms with Crippen LogP contribution in [0.4, 0.5) is 0 Å². The molecule has 8 heteroatoms. The monoisotopic (exact) mass is 386 g/mol. The maximum atomic E-state index is 13.1. The minimum atomic E-state index is -0.323. The Balaban J connectivity index is 1.84. The predicted octanol–water partition coefficient (Wildman–Crippen LogP) is 1.86. The molecular weight excluding hydrogens is 360 g/mol. The highest BCUT2D eigenvalue weighted by Crippen LogP contribution is 2.25. The van der Waals surface area contributed by atoms with Crippen LogP contribution in [0.5, 0.6) is 0 Å². The Hall–Kier alpha value is -2.90. The van der Waals surface area contributed by atoms with Crippen LogP contribution in [0.3, 0.4) is 0 Å². The molecule has 0 unspecified atom stereocenters. The molecule has 1 aliphatic rings. The van der Waals surface area contributed by atoms with Crippen molar-refractivity contribution in [3.05, 3.63) is 40.7 Å². The van der Waals surface area contributed by atoms with Gasteiger partial charge in [-0.3, -0.25) is 19.0 Å². The molecule has 1 saturated heterocycles. The molecule has 1 fully saturated rings. The summed E-state index contributed by atoms with van der Waals surface area (Å²) in [6.07, 6.45) is 4.18. The quantitative estimate of drug-likeness (QED) is 0.791. The standard InChI is InChI=1S/C20H26N4O4/c1-5-8-24-11-21-18-16(20(24)27)15(13(4)28-18)19(26)23-9-6-14(7-10-23)17(25)22-12(2)3/h5,11-12,14H,1,6-10H2,2-4H3,(H,22,25). The molecule has 0 spiro atoms. The number of aromatic nitrogens is 2. The Labute approximate surface area is 163 Å². The zero-order valence-corrected chi connectivity index (χ0v) is 16.5. The van der Waals surface area contributed by atoms with E-state index in [2.05, 4.69) is 16.9 Å². The largest absolute Gasteiger partial charge is 0.442 e. The van der Waals surface area contributed by atoms with Crippen LogP contribution in [-0.4, -0.2) is 45.4 Å². The third-order valence-electron chi connectivity index (χ3n) is 4.98. The van der Waals surface area contributed by atoms with Crippen LogP contribution < -0.4 is 10.9 Å². The molecule has 28 heavy (non-hydrogen) atoms. The van der Waals surface area contributed by atoms with Gasteiger partial charge in [0.25, 0.3) is 11.5 Å². The third-order valence-corrected chi connectivity index (χ3v) is 4.98. The van der Waals surface area contributed by atoms with Crippen LogP contribution in [0.2, 0.25) is 0 Å². The summed E-state index contributed by atoms with van der Waals surface area (Å²) in [5.41, 5.74) is 0.102. The second kappa shape index (κ2) is 8.00. The van der Waals surface area contributed by atoms with Gasteiger partial charge >= 0.3 is 0 Å². The number of hydrogen-bond donors (Lipinski definition) is 1. The zero-order valence-electron chi connectivity index (χ0n) is 16.5. The molecule has 1 aliphatic heterocycles. The van der Waals surface area contributed by atoms with Gasteiger partial charge in [0.2, 0.25) is 11.6 Å². The number of amides is 2. The van der Waals surface area contributed by atoms with Crippen LogP contribution in [0.25, 0.3) is 11.1 Å². The molecule has 2 aromatic heterocycles. The summed E-state index contributed by atoms with van der Waals surface area (Å²) in [4.78, 5) is 44.0. The van der Waals surface area contributed by atoms with E-state index in [-0.39, 0.29) is 46.0 Å².